The molecule has 26 heavy (non-hydrogen) atoms. The lowest BCUT2D eigenvalue weighted by molar-refractivity contribution is 0.0934. The molecule has 2 rings (SSSR count). The molecule has 10 heteroatoms. The van der Waals surface area contributed by atoms with Crippen LogP contribution in [0.4, 0.5) is 5.69 Å². The monoisotopic (exact) mass is 469 g/mol. The Morgan fingerprint density at radius 3 is 2.19 bits per heavy atom. The second-order valence-electron chi connectivity index (χ2n) is 5.06. The molecular weight excluding hydrogens is 460 g/mol. The van der Waals surface area contributed by atoms with E-state index in [0.717, 1.165) is 0 Å². The highest BCUT2D eigenvalue weighted by Crippen LogP contribution is 2.29. The number of thiocarbonyl (C=S) groups is 1. The van der Waals surface area contributed by atoms with Gasteiger partial charge in [-0.15, -0.1) is 0 Å². The van der Waals surface area contributed by atoms with Gasteiger partial charge in [-0.05, 0) is 54.7 Å². The molecule has 2 aromatic carbocycles. The van der Waals surface area contributed by atoms with Crippen LogP contribution in [-0.2, 0) is 0 Å². The molecule has 4 nitrogen and oxygen atoms in total. The fourth-order valence-electron chi connectivity index (χ4n) is 1.88. The van der Waals surface area contributed by atoms with Crippen LogP contribution in [0.15, 0.2) is 48.5 Å². The van der Waals surface area contributed by atoms with Crippen LogP contribution in [0.2, 0.25) is 10.0 Å². The molecule has 0 bridgehead atoms. The van der Waals surface area contributed by atoms with Crippen LogP contribution in [-0.4, -0.2) is 21.0 Å². The van der Waals surface area contributed by atoms with E-state index in [1.807, 2.05) is 0 Å². The zero-order valence-electron chi connectivity index (χ0n) is 12.9. The molecule has 0 aliphatic heterocycles. The van der Waals surface area contributed by atoms with Gasteiger partial charge in [0.1, 0.15) is 6.17 Å². The number of benzene rings is 2. The van der Waals surface area contributed by atoms with Crippen LogP contribution in [0, 0.1) is 0 Å². The third-order valence-electron chi connectivity index (χ3n) is 3.07. The van der Waals surface area contributed by atoms with E-state index < -0.39 is 15.9 Å². The molecule has 1 atom stereocenters. The van der Waals surface area contributed by atoms with Gasteiger partial charge in [0.25, 0.3) is 5.91 Å². The van der Waals surface area contributed by atoms with Gasteiger partial charge >= 0.3 is 0 Å². The van der Waals surface area contributed by atoms with E-state index in [1.54, 1.807) is 42.5 Å². The van der Waals surface area contributed by atoms with Crippen LogP contribution in [0.25, 0.3) is 0 Å². The van der Waals surface area contributed by atoms with Crippen molar-refractivity contribution in [2.24, 2.45) is 0 Å². The van der Waals surface area contributed by atoms with Crippen molar-refractivity contribution in [3.63, 3.8) is 0 Å². The Balaban J connectivity index is 2.06. The van der Waals surface area contributed by atoms with E-state index >= 15 is 0 Å². The van der Waals surface area contributed by atoms with E-state index in [1.165, 1.54) is 6.07 Å². The second-order valence-corrected chi connectivity index (χ2v) is 8.71. The first-order valence-electron chi connectivity index (χ1n) is 7.11. The van der Waals surface area contributed by atoms with E-state index in [2.05, 4.69) is 16.0 Å². The number of hydrogen-bond donors (Lipinski definition) is 3. The average Bonchev–Trinajstić information content (AvgIpc) is 2.55. The van der Waals surface area contributed by atoms with Crippen molar-refractivity contribution in [2.45, 2.75) is 9.96 Å². The minimum atomic E-state index is -1.86. The first kappa shape index (κ1) is 21.4. The number of halogens is 5. The molecule has 0 spiro atoms. The van der Waals surface area contributed by atoms with Crippen LogP contribution in [0.1, 0.15) is 10.4 Å². The zero-order valence-corrected chi connectivity index (χ0v) is 17.5. The van der Waals surface area contributed by atoms with Gasteiger partial charge in [0, 0.05) is 21.3 Å². The minimum Gasteiger partial charge on any atom is -0.339 e. The van der Waals surface area contributed by atoms with Gasteiger partial charge in [0.15, 0.2) is 5.11 Å². The van der Waals surface area contributed by atoms with Gasteiger partial charge in [-0.3, -0.25) is 4.79 Å². The summed E-state index contributed by atoms with van der Waals surface area (Å²) in [5, 5.41) is 9.39. The molecule has 1 amide bonds. The minimum absolute atomic E-state index is 0.148. The summed E-state index contributed by atoms with van der Waals surface area (Å²) in [5.41, 5.74) is 0.992. The third kappa shape index (κ3) is 6.65. The molecular formula is C16H12Cl5N3OS. The first-order chi connectivity index (χ1) is 12.1. The van der Waals surface area contributed by atoms with Gasteiger partial charge in [0.2, 0.25) is 3.79 Å². The van der Waals surface area contributed by atoms with Crippen molar-refractivity contribution in [3.8, 4) is 0 Å². The molecule has 138 valence electrons. The summed E-state index contributed by atoms with van der Waals surface area (Å²) in [7, 11) is 0. The second kappa shape index (κ2) is 9.31. The molecule has 0 aromatic heterocycles. The predicted molar refractivity (Wildman–Crippen MR) is 114 cm³/mol. The largest absolute Gasteiger partial charge is 0.339 e. The van der Waals surface area contributed by atoms with E-state index in [-0.39, 0.29) is 5.11 Å². The fraction of sp³-hybridized carbons (Fsp3) is 0.125. The quantitative estimate of drug-likeness (QED) is 0.317. The standard InChI is InChI=1S/C16H12Cl5N3OS/c17-10-4-6-12(7-5-10)22-15(26)24-14(16(19,20)21)23-13(25)9-2-1-3-11(18)8-9/h1-8,14H,(H,23,25)(H2,22,24,26)/t14-/m1/s1. The lowest BCUT2D eigenvalue weighted by Crippen LogP contribution is -2.56. The van der Waals surface area contributed by atoms with E-state index in [9.17, 15) is 4.79 Å². The summed E-state index contributed by atoms with van der Waals surface area (Å²) in [5.74, 6) is -0.481. The van der Waals surface area contributed by atoms with E-state index in [4.69, 9.17) is 70.2 Å². The SMILES string of the molecule is O=C(N[C@H](NC(=S)Nc1ccc(Cl)cc1)C(Cl)(Cl)Cl)c1cccc(Cl)c1. The lowest BCUT2D eigenvalue weighted by Gasteiger charge is -2.27. The van der Waals surface area contributed by atoms with Crippen molar-refractivity contribution in [1.29, 1.82) is 0 Å². The Labute approximate surface area is 181 Å². The summed E-state index contributed by atoms with van der Waals surface area (Å²) < 4.78 is -1.86. The van der Waals surface area contributed by atoms with Gasteiger partial charge in [-0.2, -0.15) is 0 Å². The molecule has 0 unspecified atom stereocenters. The summed E-state index contributed by atoms with van der Waals surface area (Å²) in [6.45, 7) is 0. The van der Waals surface area contributed by atoms with Crippen molar-refractivity contribution in [3.05, 3.63) is 64.1 Å². The average molecular weight is 472 g/mol. The lowest BCUT2D eigenvalue weighted by atomic mass is 10.2. The smallest absolute Gasteiger partial charge is 0.253 e. The molecule has 0 aliphatic rings. The van der Waals surface area contributed by atoms with Gasteiger partial charge < -0.3 is 16.0 Å². The number of amides is 1. The van der Waals surface area contributed by atoms with Crippen molar-refractivity contribution < 1.29 is 4.79 Å². The van der Waals surface area contributed by atoms with Crippen LogP contribution >= 0.6 is 70.2 Å². The molecule has 0 heterocycles. The number of hydrogen-bond acceptors (Lipinski definition) is 2. The normalized spacial score (nSPS) is 12.2. The van der Waals surface area contributed by atoms with E-state index in [0.29, 0.717) is 21.3 Å². The third-order valence-corrected chi connectivity index (χ3v) is 4.43. The summed E-state index contributed by atoms with van der Waals surface area (Å²) in [6, 6.07) is 13.2. The van der Waals surface area contributed by atoms with Gasteiger partial charge in [-0.1, -0.05) is 64.1 Å². The molecule has 2 aromatic rings. The van der Waals surface area contributed by atoms with Crippen molar-refractivity contribution >= 4 is 86.9 Å². The molecule has 0 fully saturated rings. The molecule has 0 radical (unpaired) electrons. The van der Waals surface area contributed by atoms with Gasteiger partial charge in [-0.25, -0.2) is 0 Å². The topological polar surface area (TPSA) is 53.2 Å². The summed E-state index contributed by atoms with van der Waals surface area (Å²) in [6.07, 6.45) is -1.09. The van der Waals surface area contributed by atoms with Gasteiger partial charge in [0.05, 0.1) is 0 Å². The summed E-state index contributed by atoms with van der Waals surface area (Å²) >= 11 is 34.8. The Hall–Kier alpha value is -0.950. The molecule has 0 saturated heterocycles. The maximum atomic E-state index is 12.4. The Morgan fingerprint density at radius 2 is 1.62 bits per heavy atom. The predicted octanol–water partition coefficient (Wildman–Crippen LogP) is 5.41. The Morgan fingerprint density at radius 1 is 0.962 bits per heavy atom. The number of carbonyl (C=O) groups excluding carboxylic acids is 1. The fourth-order valence-corrected chi connectivity index (χ4v) is 2.75. The molecule has 0 saturated carbocycles. The number of rotatable bonds is 4. The maximum Gasteiger partial charge on any atom is 0.253 e. The molecule has 3 N–H and O–H groups in total. The number of nitrogens with one attached hydrogen (secondary N) is 3. The summed E-state index contributed by atoms with van der Waals surface area (Å²) in [4.78, 5) is 12.4. The van der Waals surface area contributed by atoms with Crippen LogP contribution in [0.3, 0.4) is 0 Å². The first-order valence-corrected chi connectivity index (χ1v) is 9.41. The Bertz CT molecular complexity index is 795. The van der Waals surface area contributed by atoms with Crippen molar-refractivity contribution in [1.82, 2.24) is 10.6 Å². The zero-order chi connectivity index (χ0) is 19.3. The van der Waals surface area contributed by atoms with Crippen LogP contribution in [0.5, 0.6) is 0 Å². The number of anilines is 1. The highest BCUT2D eigenvalue weighted by molar-refractivity contribution is 7.80. The number of alkyl halides is 3. The highest BCUT2D eigenvalue weighted by Gasteiger charge is 2.34. The molecule has 0 aliphatic carbocycles. The number of carbonyl (C=O) groups is 1. The highest BCUT2D eigenvalue weighted by atomic mass is 35.6. The van der Waals surface area contributed by atoms with Crippen molar-refractivity contribution in [2.75, 3.05) is 5.32 Å². The Kier molecular flexibility index (Phi) is 7.64. The van der Waals surface area contributed by atoms with Crippen LogP contribution < -0.4 is 16.0 Å². The maximum absolute atomic E-state index is 12.4.